The van der Waals surface area contributed by atoms with Crippen molar-refractivity contribution in [2.75, 3.05) is 11.9 Å². The summed E-state index contributed by atoms with van der Waals surface area (Å²) in [5.74, 6) is 1.29. The van der Waals surface area contributed by atoms with Crippen molar-refractivity contribution < 1.29 is 4.74 Å². The molecule has 0 atom stereocenters. The Balaban J connectivity index is 1.97. The second-order valence-corrected chi connectivity index (χ2v) is 5.74. The smallest absolute Gasteiger partial charge is 0.138 e. The molecule has 2 aromatic carbocycles. The molecule has 0 fully saturated rings. The molecule has 3 heteroatoms. The van der Waals surface area contributed by atoms with Gasteiger partial charge in [0.25, 0.3) is 0 Å². The number of benzene rings is 2. The first-order valence-corrected chi connectivity index (χ1v) is 7.73. The Labute approximate surface area is 132 Å². The van der Waals surface area contributed by atoms with Gasteiger partial charge in [-0.25, -0.2) is 0 Å². The Hall–Kier alpha value is -1.67. The molecule has 2 nitrogen and oxygen atoms in total. The predicted molar refractivity (Wildman–Crippen MR) is 90.5 cm³/mol. The minimum absolute atomic E-state index is 0.567. The molecule has 0 saturated heterocycles. The molecular formula is C18H22ClNO. The van der Waals surface area contributed by atoms with Crippen LogP contribution in [-0.2, 0) is 6.54 Å². The highest BCUT2D eigenvalue weighted by Gasteiger charge is 2.03. The van der Waals surface area contributed by atoms with E-state index in [4.69, 9.17) is 16.3 Å². The molecule has 0 unspecified atom stereocenters. The topological polar surface area (TPSA) is 21.3 Å². The van der Waals surface area contributed by atoms with Crippen molar-refractivity contribution in [2.24, 2.45) is 0 Å². The molecule has 21 heavy (non-hydrogen) atoms. The SMILES string of the molecule is CCOc1ccc(NCc2ccc(C(C)C)cc2)cc1Cl. The summed E-state index contributed by atoms with van der Waals surface area (Å²) in [5, 5.41) is 4.02. The van der Waals surface area contributed by atoms with E-state index in [1.165, 1.54) is 11.1 Å². The van der Waals surface area contributed by atoms with Crippen LogP contribution in [0.25, 0.3) is 0 Å². The second-order valence-electron chi connectivity index (χ2n) is 5.33. The third-order valence-electron chi connectivity index (χ3n) is 3.37. The van der Waals surface area contributed by atoms with E-state index < -0.39 is 0 Å². The van der Waals surface area contributed by atoms with E-state index in [2.05, 4.69) is 43.4 Å². The van der Waals surface area contributed by atoms with E-state index in [1.807, 2.05) is 25.1 Å². The first kappa shape index (κ1) is 15.7. The lowest BCUT2D eigenvalue weighted by Crippen LogP contribution is -2.00. The van der Waals surface area contributed by atoms with Gasteiger partial charge in [0.15, 0.2) is 0 Å². The predicted octanol–water partition coefficient (Wildman–Crippen LogP) is 5.47. The molecule has 2 aromatic rings. The van der Waals surface area contributed by atoms with Crippen molar-refractivity contribution in [1.82, 2.24) is 0 Å². The van der Waals surface area contributed by atoms with Gasteiger partial charge < -0.3 is 10.1 Å². The van der Waals surface area contributed by atoms with Crippen LogP contribution < -0.4 is 10.1 Å². The zero-order valence-electron chi connectivity index (χ0n) is 12.8. The monoisotopic (exact) mass is 303 g/mol. The minimum Gasteiger partial charge on any atom is -0.492 e. The highest BCUT2D eigenvalue weighted by molar-refractivity contribution is 6.32. The summed E-state index contributed by atoms with van der Waals surface area (Å²) >= 11 is 6.18. The average Bonchev–Trinajstić information content (AvgIpc) is 2.48. The van der Waals surface area contributed by atoms with Gasteiger partial charge in [-0.1, -0.05) is 49.7 Å². The number of hydrogen-bond donors (Lipinski definition) is 1. The third-order valence-corrected chi connectivity index (χ3v) is 3.67. The third kappa shape index (κ3) is 4.40. The van der Waals surface area contributed by atoms with Gasteiger partial charge in [-0.3, -0.25) is 0 Å². The summed E-state index contributed by atoms with van der Waals surface area (Å²) in [6, 6.07) is 14.5. The quantitative estimate of drug-likeness (QED) is 0.763. The van der Waals surface area contributed by atoms with E-state index >= 15 is 0 Å². The second kappa shape index (κ2) is 7.37. The number of ether oxygens (including phenoxy) is 1. The molecule has 0 saturated carbocycles. The van der Waals surface area contributed by atoms with Gasteiger partial charge in [-0.05, 0) is 42.2 Å². The molecule has 0 heterocycles. The molecule has 0 aromatic heterocycles. The van der Waals surface area contributed by atoms with Crippen LogP contribution in [0.3, 0.4) is 0 Å². The van der Waals surface area contributed by atoms with Gasteiger partial charge in [0.1, 0.15) is 5.75 Å². The van der Waals surface area contributed by atoms with Gasteiger partial charge in [0.05, 0.1) is 11.6 Å². The lowest BCUT2D eigenvalue weighted by molar-refractivity contribution is 0.340. The van der Waals surface area contributed by atoms with Crippen molar-refractivity contribution in [1.29, 1.82) is 0 Å². The van der Waals surface area contributed by atoms with E-state index in [9.17, 15) is 0 Å². The Morgan fingerprint density at radius 2 is 1.81 bits per heavy atom. The molecule has 2 rings (SSSR count). The number of hydrogen-bond acceptors (Lipinski definition) is 2. The summed E-state index contributed by atoms with van der Waals surface area (Å²) in [6.07, 6.45) is 0. The van der Waals surface area contributed by atoms with Crippen LogP contribution in [0.4, 0.5) is 5.69 Å². The number of nitrogens with one attached hydrogen (secondary N) is 1. The van der Waals surface area contributed by atoms with E-state index in [0.717, 1.165) is 18.0 Å². The van der Waals surface area contributed by atoms with E-state index in [1.54, 1.807) is 0 Å². The largest absolute Gasteiger partial charge is 0.492 e. The molecule has 0 aliphatic heterocycles. The van der Waals surface area contributed by atoms with Crippen LogP contribution in [0.5, 0.6) is 5.75 Å². The summed E-state index contributed by atoms with van der Waals surface area (Å²) in [4.78, 5) is 0. The molecule has 0 spiro atoms. The Kier molecular flexibility index (Phi) is 5.51. The fourth-order valence-corrected chi connectivity index (χ4v) is 2.34. The molecule has 0 amide bonds. The highest BCUT2D eigenvalue weighted by atomic mass is 35.5. The zero-order chi connectivity index (χ0) is 15.2. The number of rotatable bonds is 6. The summed E-state index contributed by atoms with van der Waals surface area (Å²) in [7, 11) is 0. The Morgan fingerprint density at radius 1 is 1.10 bits per heavy atom. The van der Waals surface area contributed by atoms with Crippen LogP contribution in [0.2, 0.25) is 5.02 Å². The lowest BCUT2D eigenvalue weighted by atomic mass is 10.0. The van der Waals surface area contributed by atoms with Crippen molar-refractivity contribution in [3.63, 3.8) is 0 Å². The Morgan fingerprint density at radius 3 is 2.38 bits per heavy atom. The van der Waals surface area contributed by atoms with Gasteiger partial charge in [-0.15, -0.1) is 0 Å². The number of halogens is 1. The molecule has 0 aliphatic carbocycles. The van der Waals surface area contributed by atoms with Gasteiger partial charge >= 0.3 is 0 Å². The van der Waals surface area contributed by atoms with Gasteiger partial charge in [-0.2, -0.15) is 0 Å². The first-order valence-electron chi connectivity index (χ1n) is 7.35. The highest BCUT2D eigenvalue weighted by Crippen LogP contribution is 2.27. The first-order chi connectivity index (χ1) is 10.1. The van der Waals surface area contributed by atoms with Crippen LogP contribution in [0, 0.1) is 0 Å². The fourth-order valence-electron chi connectivity index (χ4n) is 2.11. The maximum Gasteiger partial charge on any atom is 0.138 e. The molecule has 112 valence electrons. The van der Waals surface area contributed by atoms with Crippen LogP contribution in [-0.4, -0.2) is 6.61 Å². The molecule has 0 radical (unpaired) electrons. The van der Waals surface area contributed by atoms with Crippen molar-refractivity contribution >= 4 is 17.3 Å². The Bertz CT molecular complexity index is 578. The van der Waals surface area contributed by atoms with Crippen LogP contribution in [0.1, 0.15) is 37.8 Å². The van der Waals surface area contributed by atoms with Gasteiger partial charge in [0.2, 0.25) is 0 Å². The standard InChI is InChI=1S/C18H22ClNO/c1-4-21-18-10-9-16(11-17(18)19)20-12-14-5-7-15(8-6-14)13(2)3/h5-11,13,20H,4,12H2,1-3H3. The normalized spacial score (nSPS) is 10.7. The fraction of sp³-hybridized carbons (Fsp3) is 0.333. The van der Waals surface area contributed by atoms with Crippen molar-refractivity contribution in [3.8, 4) is 5.75 Å². The lowest BCUT2D eigenvalue weighted by Gasteiger charge is -2.11. The van der Waals surface area contributed by atoms with Crippen molar-refractivity contribution in [2.45, 2.75) is 33.2 Å². The molecule has 0 aliphatic rings. The average molecular weight is 304 g/mol. The summed E-state index contributed by atoms with van der Waals surface area (Å²) in [5.41, 5.74) is 3.61. The summed E-state index contributed by atoms with van der Waals surface area (Å²) < 4.78 is 5.43. The van der Waals surface area contributed by atoms with Crippen molar-refractivity contribution in [3.05, 3.63) is 58.6 Å². The molecule has 1 N–H and O–H groups in total. The van der Waals surface area contributed by atoms with Crippen LogP contribution in [0.15, 0.2) is 42.5 Å². The maximum absolute atomic E-state index is 6.18. The molecule has 0 bridgehead atoms. The van der Waals surface area contributed by atoms with E-state index in [-0.39, 0.29) is 0 Å². The molecular weight excluding hydrogens is 282 g/mol. The number of anilines is 1. The maximum atomic E-state index is 6.18. The zero-order valence-corrected chi connectivity index (χ0v) is 13.6. The van der Waals surface area contributed by atoms with Crippen LogP contribution >= 0.6 is 11.6 Å². The van der Waals surface area contributed by atoms with E-state index in [0.29, 0.717) is 17.5 Å². The summed E-state index contributed by atoms with van der Waals surface area (Å²) in [6.45, 7) is 7.76. The minimum atomic E-state index is 0.567. The van der Waals surface area contributed by atoms with Gasteiger partial charge in [0, 0.05) is 12.2 Å².